The Kier molecular flexibility index (Phi) is 15.7. The van der Waals surface area contributed by atoms with Crippen LogP contribution in [0.4, 0.5) is 0 Å². The quantitative estimate of drug-likeness (QED) is 0.171. The monoisotopic (exact) mass is 548 g/mol. The highest BCUT2D eigenvalue weighted by molar-refractivity contribution is 14.0. The van der Waals surface area contributed by atoms with Crippen molar-refractivity contribution in [1.82, 2.24) is 15.5 Å². The zero-order valence-corrected chi connectivity index (χ0v) is 21.7. The minimum absolute atomic E-state index is 0. The van der Waals surface area contributed by atoms with Gasteiger partial charge in [-0.25, -0.2) is 0 Å². The molecule has 1 aliphatic heterocycles. The number of benzene rings is 1. The van der Waals surface area contributed by atoms with E-state index in [1.165, 1.54) is 5.56 Å². The standard InChI is InChI=1S/C23H40N4O3.HI/c1-24-23(25-12-4-14-29-19-21-10-16-28-17-11-21)26-18-20-6-8-22(9-7-20)30-15-5-13-27(2)3;/h6-9,21H,4-5,10-19H2,1-3H3,(H2,24,25,26);1H. The van der Waals surface area contributed by atoms with Crippen molar-refractivity contribution in [1.29, 1.82) is 0 Å². The number of nitrogens with zero attached hydrogens (tertiary/aromatic N) is 2. The molecule has 1 aromatic rings. The molecule has 2 N–H and O–H groups in total. The highest BCUT2D eigenvalue weighted by Crippen LogP contribution is 2.14. The third-order valence-electron chi connectivity index (χ3n) is 5.08. The van der Waals surface area contributed by atoms with E-state index >= 15 is 0 Å². The second-order valence-corrected chi connectivity index (χ2v) is 7.99. The van der Waals surface area contributed by atoms with Gasteiger partial charge >= 0.3 is 0 Å². The highest BCUT2D eigenvalue weighted by atomic mass is 127. The fourth-order valence-corrected chi connectivity index (χ4v) is 3.22. The largest absolute Gasteiger partial charge is 0.494 e. The van der Waals surface area contributed by atoms with Crippen LogP contribution in [0.15, 0.2) is 29.3 Å². The molecule has 0 bridgehead atoms. The third-order valence-corrected chi connectivity index (χ3v) is 5.08. The highest BCUT2D eigenvalue weighted by Gasteiger charge is 2.13. The summed E-state index contributed by atoms with van der Waals surface area (Å²) in [4.78, 5) is 6.45. The Morgan fingerprint density at radius 3 is 2.52 bits per heavy atom. The number of ether oxygens (including phenoxy) is 3. The number of aliphatic imine (C=N–C) groups is 1. The second-order valence-electron chi connectivity index (χ2n) is 7.99. The van der Waals surface area contributed by atoms with Crippen LogP contribution in [-0.4, -0.2) is 78.1 Å². The van der Waals surface area contributed by atoms with Crippen LogP contribution < -0.4 is 15.4 Å². The number of hydrogen-bond acceptors (Lipinski definition) is 5. The van der Waals surface area contributed by atoms with E-state index in [1.807, 2.05) is 12.1 Å². The van der Waals surface area contributed by atoms with Crippen LogP contribution >= 0.6 is 24.0 Å². The third kappa shape index (κ3) is 13.1. The van der Waals surface area contributed by atoms with E-state index in [4.69, 9.17) is 14.2 Å². The van der Waals surface area contributed by atoms with E-state index in [2.05, 4.69) is 46.8 Å². The second kappa shape index (κ2) is 17.5. The van der Waals surface area contributed by atoms with Crippen molar-refractivity contribution < 1.29 is 14.2 Å². The van der Waals surface area contributed by atoms with E-state index in [9.17, 15) is 0 Å². The molecule has 0 atom stereocenters. The summed E-state index contributed by atoms with van der Waals surface area (Å²) in [6, 6.07) is 8.23. The number of nitrogens with one attached hydrogen (secondary N) is 2. The van der Waals surface area contributed by atoms with Crippen LogP contribution in [0.3, 0.4) is 0 Å². The summed E-state index contributed by atoms with van der Waals surface area (Å²) < 4.78 is 17.0. The molecular weight excluding hydrogens is 507 g/mol. The molecule has 7 nitrogen and oxygen atoms in total. The predicted molar refractivity (Wildman–Crippen MR) is 138 cm³/mol. The lowest BCUT2D eigenvalue weighted by molar-refractivity contribution is 0.0203. The molecule has 2 rings (SSSR count). The van der Waals surface area contributed by atoms with Crippen LogP contribution in [0, 0.1) is 5.92 Å². The van der Waals surface area contributed by atoms with Crippen LogP contribution in [0.5, 0.6) is 5.75 Å². The van der Waals surface area contributed by atoms with Crippen molar-refractivity contribution in [3.8, 4) is 5.75 Å². The lowest BCUT2D eigenvalue weighted by atomic mass is 10.0. The van der Waals surface area contributed by atoms with Gasteiger partial charge in [0.1, 0.15) is 5.75 Å². The molecule has 31 heavy (non-hydrogen) atoms. The Morgan fingerprint density at radius 2 is 1.84 bits per heavy atom. The molecule has 0 aromatic heterocycles. The lowest BCUT2D eigenvalue weighted by Gasteiger charge is -2.21. The number of halogens is 1. The minimum atomic E-state index is 0. The number of rotatable bonds is 13. The maximum Gasteiger partial charge on any atom is 0.191 e. The van der Waals surface area contributed by atoms with Gasteiger partial charge in [-0.05, 0) is 63.4 Å². The van der Waals surface area contributed by atoms with E-state index in [-0.39, 0.29) is 24.0 Å². The first-order valence-electron chi connectivity index (χ1n) is 11.1. The van der Waals surface area contributed by atoms with Crippen LogP contribution in [-0.2, 0) is 16.0 Å². The smallest absolute Gasteiger partial charge is 0.191 e. The maximum atomic E-state index is 5.81. The Morgan fingerprint density at radius 1 is 1.10 bits per heavy atom. The van der Waals surface area contributed by atoms with Gasteiger partial charge in [0.2, 0.25) is 0 Å². The summed E-state index contributed by atoms with van der Waals surface area (Å²) >= 11 is 0. The lowest BCUT2D eigenvalue weighted by Crippen LogP contribution is -2.37. The van der Waals surface area contributed by atoms with Crippen molar-refractivity contribution in [2.45, 2.75) is 32.2 Å². The van der Waals surface area contributed by atoms with E-state index in [0.717, 1.165) is 90.1 Å². The molecule has 178 valence electrons. The van der Waals surface area contributed by atoms with Gasteiger partial charge in [0.25, 0.3) is 0 Å². The van der Waals surface area contributed by atoms with Crippen molar-refractivity contribution >= 4 is 29.9 Å². The molecule has 1 aromatic carbocycles. The zero-order chi connectivity index (χ0) is 21.4. The Labute approximate surface area is 205 Å². The molecule has 0 spiro atoms. The van der Waals surface area contributed by atoms with Crippen molar-refractivity contribution in [3.05, 3.63) is 29.8 Å². The average Bonchev–Trinajstić information content (AvgIpc) is 2.77. The summed E-state index contributed by atoms with van der Waals surface area (Å²) in [6.07, 6.45) is 4.24. The first-order valence-corrected chi connectivity index (χ1v) is 11.1. The summed E-state index contributed by atoms with van der Waals surface area (Å²) in [7, 11) is 5.95. The van der Waals surface area contributed by atoms with E-state index < -0.39 is 0 Å². The van der Waals surface area contributed by atoms with Crippen molar-refractivity contribution in [2.75, 3.05) is 67.3 Å². The molecule has 1 aliphatic rings. The predicted octanol–water partition coefficient (Wildman–Crippen LogP) is 3.13. The molecule has 0 unspecified atom stereocenters. The molecule has 0 saturated carbocycles. The van der Waals surface area contributed by atoms with Gasteiger partial charge in [-0.3, -0.25) is 4.99 Å². The van der Waals surface area contributed by atoms with E-state index in [1.54, 1.807) is 7.05 Å². The zero-order valence-electron chi connectivity index (χ0n) is 19.4. The SMILES string of the molecule is CN=C(NCCCOCC1CCOCC1)NCc1ccc(OCCCN(C)C)cc1.I. The molecule has 1 heterocycles. The van der Waals surface area contributed by atoms with Gasteiger partial charge < -0.3 is 29.7 Å². The summed E-state index contributed by atoms with van der Waals surface area (Å²) in [5.74, 6) is 2.39. The van der Waals surface area contributed by atoms with E-state index in [0.29, 0.717) is 5.92 Å². The molecule has 0 aliphatic carbocycles. The molecular formula is C23H41IN4O3. The Balaban J connectivity index is 0.00000480. The fourth-order valence-electron chi connectivity index (χ4n) is 3.22. The molecule has 0 amide bonds. The van der Waals surface area contributed by atoms with Gasteiger partial charge in [-0.1, -0.05) is 12.1 Å². The summed E-state index contributed by atoms with van der Waals surface area (Å²) in [6.45, 7) is 6.73. The molecule has 1 fully saturated rings. The molecule has 8 heteroatoms. The Bertz CT molecular complexity index is 593. The van der Waals surface area contributed by atoms with Gasteiger partial charge in [0.15, 0.2) is 5.96 Å². The van der Waals surface area contributed by atoms with Gasteiger partial charge in [0, 0.05) is 53.1 Å². The number of guanidine groups is 1. The normalized spacial score (nSPS) is 14.9. The van der Waals surface area contributed by atoms with Gasteiger partial charge in [0.05, 0.1) is 6.61 Å². The fraction of sp³-hybridized carbons (Fsp3) is 0.696. The van der Waals surface area contributed by atoms with Crippen LogP contribution in [0.2, 0.25) is 0 Å². The van der Waals surface area contributed by atoms with Crippen LogP contribution in [0.1, 0.15) is 31.2 Å². The van der Waals surface area contributed by atoms with Crippen LogP contribution in [0.25, 0.3) is 0 Å². The molecule has 1 saturated heterocycles. The first kappa shape index (κ1) is 27.9. The van der Waals surface area contributed by atoms with Crippen molar-refractivity contribution in [2.24, 2.45) is 10.9 Å². The summed E-state index contributed by atoms with van der Waals surface area (Å²) in [5, 5.41) is 6.69. The average molecular weight is 549 g/mol. The minimum Gasteiger partial charge on any atom is -0.494 e. The molecule has 0 radical (unpaired) electrons. The topological polar surface area (TPSA) is 67.4 Å². The first-order chi connectivity index (χ1) is 14.7. The number of hydrogen-bond donors (Lipinski definition) is 2. The summed E-state index contributed by atoms with van der Waals surface area (Å²) in [5.41, 5.74) is 1.19. The van der Waals surface area contributed by atoms with Gasteiger partial charge in [-0.2, -0.15) is 0 Å². The van der Waals surface area contributed by atoms with Gasteiger partial charge in [-0.15, -0.1) is 24.0 Å². The van der Waals surface area contributed by atoms with Crippen molar-refractivity contribution in [3.63, 3.8) is 0 Å². The Hall–Kier alpha value is -1.10. The maximum absolute atomic E-state index is 5.81.